The number of carbonyl (C=O) groups excluding carboxylic acids is 1. The van der Waals surface area contributed by atoms with Crippen LogP contribution in [-0.4, -0.2) is 41.1 Å². The van der Waals surface area contributed by atoms with Crippen LogP contribution in [0.25, 0.3) is 0 Å². The van der Waals surface area contributed by atoms with Crippen molar-refractivity contribution in [1.82, 2.24) is 4.90 Å². The Morgan fingerprint density at radius 2 is 2.14 bits per heavy atom. The molecule has 1 heterocycles. The maximum Gasteiger partial charge on any atom is 0.323 e. The van der Waals surface area contributed by atoms with Gasteiger partial charge in [-0.05, 0) is 32.8 Å². The number of benzene rings is 1. The number of aliphatic carboxylic acids is 1. The topological polar surface area (TPSA) is 66.8 Å². The highest BCUT2D eigenvalue weighted by molar-refractivity contribution is 5.88. The van der Waals surface area contributed by atoms with Gasteiger partial charge in [0.25, 0.3) is 0 Å². The molecule has 0 saturated heterocycles. The van der Waals surface area contributed by atoms with E-state index in [1.165, 1.54) is 4.90 Å². The molecule has 0 bridgehead atoms. The third-order valence-electron chi connectivity index (χ3n) is 4.81. The zero-order valence-corrected chi connectivity index (χ0v) is 12.9. The zero-order chi connectivity index (χ0) is 15.9. The van der Waals surface area contributed by atoms with Crippen molar-refractivity contribution in [3.8, 4) is 5.75 Å². The van der Waals surface area contributed by atoms with Crippen molar-refractivity contribution in [1.29, 1.82) is 0 Å². The number of carbonyl (C=O) groups is 2. The fourth-order valence-electron chi connectivity index (χ4n) is 3.55. The fourth-order valence-corrected chi connectivity index (χ4v) is 3.55. The SMILES string of the molecule is CC(C)N(CC(=O)O)C(=O)[C@H]1C[C@]12CCOc1ccccc12. The third-order valence-corrected chi connectivity index (χ3v) is 4.81. The Labute approximate surface area is 129 Å². The molecule has 1 aromatic carbocycles. The Balaban J connectivity index is 1.84. The van der Waals surface area contributed by atoms with Crippen LogP contribution in [0.1, 0.15) is 32.3 Å². The molecule has 22 heavy (non-hydrogen) atoms. The van der Waals surface area contributed by atoms with Crippen molar-refractivity contribution in [2.24, 2.45) is 5.92 Å². The van der Waals surface area contributed by atoms with Gasteiger partial charge in [-0.2, -0.15) is 0 Å². The summed E-state index contributed by atoms with van der Waals surface area (Å²) < 4.78 is 5.68. The Hall–Kier alpha value is -2.04. The van der Waals surface area contributed by atoms with Crippen molar-refractivity contribution in [2.45, 2.75) is 38.1 Å². The second-order valence-corrected chi connectivity index (χ2v) is 6.46. The lowest BCUT2D eigenvalue weighted by molar-refractivity contribution is -0.146. The van der Waals surface area contributed by atoms with Crippen LogP contribution in [-0.2, 0) is 15.0 Å². The minimum Gasteiger partial charge on any atom is -0.493 e. The lowest BCUT2D eigenvalue weighted by Gasteiger charge is -2.29. The summed E-state index contributed by atoms with van der Waals surface area (Å²) in [5.41, 5.74) is 0.941. The molecular formula is C17H21NO4. The van der Waals surface area contributed by atoms with Gasteiger partial charge in [0, 0.05) is 22.9 Å². The molecule has 1 aliphatic heterocycles. The molecule has 1 aliphatic carbocycles. The highest BCUT2D eigenvalue weighted by atomic mass is 16.5. The summed E-state index contributed by atoms with van der Waals surface area (Å²) in [6.07, 6.45) is 1.61. The molecule has 3 rings (SSSR count). The minimum atomic E-state index is -0.968. The molecule has 1 fully saturated rings. The summed E-state index contributed by atoms with van der Waals surface area (Å²) in [6.45, 7) is 4.09. The Kier molecular flexibility index (Phi) is 3.59. The predicted molar refractivity (Wildman–Crippen MR) is 80.8 cm³/mol. The summed E-state index contributed by atoms with van der Waals surface area (Å²) in [6, 6.07) is 7.75. The summed E-state index contributed by atoms with van der Waals surface area (Å²) >= 11 is 0. The first-order valence-corrected chi connectivity index (χ1v) is 7.70. The third kappa shape index (κ3) is 2.34. The summed E-state index contributed by atoms with van der Waals surface area (Å²) in [4.78, 5) is 25.3. The van der Waals surface area contributed by atoms with Gasteiger partial charge in [-0.3, -0.25) is 9.59 Å². The van der Waals surface area contributed by atoms with Crippen molar-refractivity contribution in [3.05, 3.63) is 29.8 Å². The van der Waals surface area contributed by atoms with Gasteiger partial charge in [-0.1, -0.05) is 18.2 Å². The van der Waals surface area contributed by atoms with E-state index in [0.29, 0.717) is 6.61 Å². The minimum absolute atomic E-state index is 0.0471. The number of carboxylic acids is 1. The van der Waals surface area contributed by atoms with Gasteiger partial charge in [-0.15, -0.1) is 0 Å². The first-order chi connectivity index (χ1) is 10.5. The van der Waals surface area contributed by atoms with Crippen molar-refractivity contribution in [2.75, 3.05) is 13.2 Å². The molecule has 2 aliphatic rings. The summed E-state index contributed by atoms with van der Waals surface area (Å²) in [5.74, 6) is -0.282. The monoisotopic (exact) mass is 303 g/mol. The van der Waals surface area contributed by atoms with Crippen LogP contribution < -0.4 is 4.74 Å². The predicted octanol–water partition coefficient (Wildman–Crippen LogP) is 2.05. The maximum atomic E-state index is 12.8. The highest BCUT2D eigenvalue weighted by Crippen LogP contribution is 2.61. The maximum absolute atomic E-state index is 12.8. The highest BCUT2D eigenvalue weighted by Gasteiger charge is 2.61. The van der Waals surface area contributed by atoms with Crippen molar-refractivity contribution >= 4 is 11.9 Å². The van der Waals surface area contributed by atoms with Crippen LogP contribution in [0.5, 0.6) is 5.75 Å². The van der Waals surface area contributed by atoms with Gasteiger partial charge in [0.2, 0.25) is 5.91 Å². The van der Waals surface area contributed by atoms with Gasteiger partial charge in [0.05, 0.1) is 6.61 Å². The number of hydrogen-bond donors (Lipinski definition) is 1. The van der Waals surface area contributed by atoms with Crippen LogP contribution in [0, 0.1) is 5.92 Å². The largest absolute Gasteiger partial charge is 0.493 e. The standard InChI is InChI=1S/C17H21NO4/c1-11(2)18(10-15(19)20)16(21)13-9-17(13)7-8-22-14-6-4-3-5-12(14)17/h3-6,11,13H,7-10H2,1-2H3,(H,19,20)/t13-,17+/m1/s1. The van der Waals surface area contributed by atoms with E-state index in [-0.39, 0.29) is 29.8 Å². The second-order valence-electron chi connectivity index (χ2n) is 6.46. The van der Waals surface area contributed by atoms with E-state index in [9.17, 15) is 9.59 Å². The molecule has 0 unspecified atom stereocenters. The van der Waals surface area contributed by atoms with Gasteiger partial charge in [0.1, 0.15) is 12.3 Å². The molecule has 1 saturated carbocycles. The van der Waals surface area contributed by atoms with E-state index in [2.05, 4.69) is 0 Å². The van der Waals surface area contributed by atoms with Gasteiger partial charge in [-0.25, -0.2) is 0 Å². The molecule has 0 aromatic heterocycles. The van der Waals surface area contributed by atoms with E-state index in [0.717, 1.165) is 24.2 Å². The average molecular weight is 303 g/mol. The van der Waals surface area contributed by atoms with E-state index in [1.54, 1.807) is 0 Å². The molecule has 1 amide bonds. The van der Waals surface area contributed by atoms with Gasteiger partial charge >= 0.3 is 5.97 Å². The quantitative estimate of drug-likeness (QED) is 0.924. The Morgan fingerprint density at radius 3 is 2.82 bits per heavy atom. The number of hydrogen-bond acceptors (Lipinski definition) is 3. The number of ether oxygens (including phenoxy) is 1. The molecule has 0 radical (unpaired) electrons. The zero-order valence-electron chi connectivity index (χ0n) is 12.9. The lowest BCUT2D eigenvalue weighted by Crippen LogP contribution is -2.43. The fraction of sp³-hybridized carbons (Fsp3) is 0.529. The molecule has 5 heteroatoms. The lowest BCUT2D eigenvalue weighted by atomic mass is 9.87. The van der Waals surface area contributed by atoms with Crippen molar-refractivity contribution < 1.29 is 19.4 Å². The number of para-hydroxylation sites is 1. The molecule has 118 valence electrons. The first kappa shape index (κ1) is 14.9. The van der Waals surface area contributed by atoms with Gasteiger partial charge in [0.15, 0.2) is 0 Å². The Morgan fingerprint density at radius 1 is 1.41 bits per heavy atom. The Bertz CT molecular complexity index is 612. The molecule has 2 atom stereocenters. The molecule has 5 nitrogen and oxygen atoms in total. The second kappa shape index (κ2) is 5.30. The molecule has 1 aromatic rings. The van der Waals surface area contributed by atoms with Crippen LogP contribution in [0.15, 0.2) is 24.3 Å². The van der Waals surface area contributed by atoms with Crippen LogP contribution in [0.3, 0.4) is 0 Å². The normalized spacial score (nSPS) is 25.5. The van der Waals surface area contributed by atoms with Gasteiger partial charge < -0.3 is 14.7 Å². The summed E-state index contributed by atoms with van der Waals surface area (Å²) in [7, 11) is 0. The molecule has 1 N–H and O–H groups in total. The van der Waals surface area contributed by atoms with Crippen LogP contribution in [0.2, 0.25) is 0 Å². The molecule has 1 spiro atoms. The van der Waals surface area contributed by atoms with E-state index in [1.807, 2.05) is 38.1 Å². The van der Waals surface area contributed by atoms with E-state index < -0.39 is 5.97 Å². The smallest absolute Gasteiger partial charge is 0.323 e. The summed E-state index contributed by atoms with van der Waals surface area (Å²) in [5, 5.41) is 9.03. The number of fused-ring (bicyclic) bond motifs is 2. The molecular weight excluding hydrogens is 282 g/mol. The number of nitrogens with zero attached hydrogens (tertiary/aromatic N) is 1. The number of rotatable bonds is 4. The number of carboxylic acid groups (broad SMARTS) is 1. The van der Waals surface area contributed by atoms with E-state index in [4.69, 9.17) is 9.84 Å². The van der Waals surface area contributed by atoms with Crippen LogP contribution in [0.4, 0.5) is 0 Å². The average Bonchev–Trinajstić information content (AvgIpc) is 3.19. The number of amides is 1. The van der Waals surface area contributed by atoms with Crippen LogP contribution >= 0.6 is 0 Å². The first-order valence-electron chi connectivity index (χ1n) is 7.70. The van der Waals surface area contributed by atoms with E-state index >= 15 is 0 Å². The van der Waals surface area contributed by atoms with Crippen molar-refractivity contribution in [3.63, 3.8) is 0 Å².